The van der Waals surface area contributed by atoms with Crippen molar-refractivity contribution in [3.63, 3.8) is 0 Å². The Morgan fingerprint density at radius 2 is 1.65 bits per heavy atom. The van der Waals surface area contributed by atoms with Crippen LogP contribution in [-0.2, 0) is 0 Å². The minimum Gasteiger partial charge on any atom is -0.144 e. The normalized spacial score (nSPS) is 11.5. The summed E-state index contributed by atoms with van der Waals surface area (Å²) in [5.74, 6) is 6.83. The lowest BCUT2D eigenvalue weighted by Gasteiger charge is -2.22. The summed E-state index contributed by atoms with van der Waals surface area (Å²) < 4.78 is 0. The Hall–Kier alpha value is -3.21. The molecule has 31 heavy (non-hydrogen) atoms. The van der Waals surface area contributed by atoms with E-state index in [1.54, 1.807) is 11.8 Å². The Balaban J connectivity index is 2.13. The molecule has 0 nitrogen and oxygen atoms in total. The highest BCUT2D eigenvalue weighted by Gasteiger charge is 2.21. The van der Waals surface area contributed by atoms with E-state index in [-0.39, 0.29) is 5.25 Å². The van der Waals surface area contributed by atoms with Gasteiger partial charge >= 0.3 is 0 Å². The van der Waals surface area contributed by atoms with Crippen LogP contribution in [0.2, 0.25) is 0 Å². The average molecular weight is 419 g/mol. The van der Waals surface area contributed by atoms with Gasteiger partial charge in [0, 0.05) is 6.42 Å². The number of rotatable bonds is 5. The highest BCUT2D eigenvalue weighted by atomic mass is 32.2. The fourth-order valence-corrected chi connectivity index (χ4v) is 4.76. The second-order valence-electron chi connectivity index (χ2n) is 7.60. The Bertz CT molecular complexity index is 1270. The first-order valence-corrected chi connectivity index (χ1v) is 11.8. The zero-order chi connectivity index (χ0) is 21.6. The van der Waals surface area contributed by atoms with E-state index in [1.807, 2.05) is 6.08 Å². The second-order valence-corrected chi connectivity index (χ2v) is 8.54. The third kappa shape index (κ3) is 4.46. The molecule has 0 aliphatic heterocycles. The van der Waals surface area contributed by atoms with Crippen LogP contribution < -0.4 is 0 Å². The third-order valence-corrected chi connectivity index (χ3v) is 6.28. The molecule has 4 aromatic rings. The summed E-state index contributed by atoms with van der Waals surface area (Å²) in [5, 5.41) is 2.59. The average Bonchev–Trinajstić information content (AvgIpc) is 2.81. The summed E-state index contributed by atoms with van der Waals surface area (Å²) >= 11 is 1.80. The smallest absolute Gasteiger partial charge is 0.0915 e. The van der Waals surface area contributed by atoms with Gasteiger partial charge in [0.05, 0.1) is 5.25 Å². The molecule has 152 valence electrons. The predicted molar refractivity (Wildman–Crippen MR) is 138 cm³/mol. The van der Waals surface area contributed by atoms with E-state index in [2.05, 4.69) is 117 Å². The molecule has 0 radical (unpaired) electrons. The van der Waals surface area contributed by atoms with Crippen molar-refractivity contribution in [2.24, 2.45) is 0 Å². The van der Waals surface area contributed by atoms with Gasteiger partial charge in [0.15, 0.2) is 0 Å². The Morgan fingerprint density at radius 3 is 2.39 bits per heavy atom. The van der Waals surface area contributed by atoms with Crippen molar-refractivity contribution in [1.29, 1.82) is 0 Å². The zero-order valence-electron chi connectivity index (χ0n) is 18.1. The maximum absolute atomic E-state index is 3.83. The van der Waals surface area contributed by atoms with E-state index < -0.39 is 0 Å². The molecule has 0 aliphatic carbocycles. The molecule has 1 unspecified atom stereocenters. The highest BCUT2D eigenvalue weighted by molar-refractivity contribution is 7.99. The molecule has 0 fully saturated rings. The number of benzene rings is 4. The van der Waals surface area contributed by atoms with Gasteiger partial charge in [0.25, 0.3) is 0 Å². The van der Waals surface area contributed by atoms with Crippen LogP contribution in [0.4, 0.5) is 0 Å². The minimum absolute atomic E-state index is 0.0732. The topological polar surface area (TPSA) is 0 Å². The largest absolute Gasteiger partial charge is 0.144 e. The number of thioether (sulfide) groups is 1. The van der Waals surface area contributed by atoms with Crippen molar-refractivity contribution in [2.75, 3.05) is 6.26 Å². The molecule has 0 bridgehead atoms. The van der Waals surface area contributed by atoms with Crippen molar-refractivity contribution >= 4 is 22.5 Å². The van der Waals surface area contributed by atoms with Crippen LogP contribution in [0.5, 0.6) is 0 Å². The molecule has 0 spiro atoms. The third-order valence-electron chi connectivity index (χ3n) is 5.46. The number of aryl methyl sites for hydroxylation is 1. The lowest BCUT2D eigenvalue weighted by Crippen LogP contribution is -2.00. The number of hydrogen-bond donors (Lipinski definition) is 0. The van der Waals surface area contributed by atoms with Crippen LogP contribution in [0.1, 0.15) is 22.8 Å². The number of allylic oxidation sites excluding steroid dienone is 1. The summed E-state index contributed by atoms with van der Waals surface area (Å²) in [6.45, 7) is 5.98. The van der Waals surface area contributed by atoms with Gasteiger partial charge in [-0.3, -0.25) is 0 Å². The Kier molecular flexibility index (Phi) is 6.60. The molecular formula is C30H26S. The molecule has 0 amide bonds. The van der Waals surface area contributed by atoms with E-state index in [9.17, 15) is 0 Å². The second kappa shape index (κ2) is 9.73. The molecule has 1 heteroatoms. The van der Waals surface area contributed by atoms with Crippen molar-refractivity contribution < 1.29 is 0 Å². The number of fused-ring (bicyclic) bond motifs is 1. The number of hydrogen-bond acceptors (Lipinski definition) is 1. The molecule has 0 aromatic heterocycles. The van der Waals surface area contributed by atoms with E-state index in [1.165, 1.54) is 44.2 Å². The van der Waals surface area contributed by atoms with E-state index in [0.29, 0.717) is 6.42 Å². The predicted octanol–water partition coefficient (Wildman–Crippen LogP) is 8.47. The molecular weight excluding hydrogens is 392 g/mol. The SMILES string of the molecule is C=CCC#CC(SC)c1c(-c2cccc(C)c2)c(-c2ccccc2)cc2ccccc12. The van der Waals surface area contributed by atoms with Crippen molar-refractivity contribution in [3.8, 4) is 34.1 Å². The Labute approximate surface area is 190 Å². The van der Waals surface area contributed by atoms with Crippen LogP contribution in [-0.4, -0.2) is 6.26 Å². The van der Waals surface area contributed by atoms with Gasteiger partial charge in [-0.05, 0) is 57.8 Å². The van der Waals surface area contributed by atoms with Crippen LogP contribution in [0.3, 0.4) is 0 Å². The quantitative estimate of drug-likeness (QED) is 0.231. The first-order valence-electron chi connectivity index (χ1n) is 10.5. The zero-order valence-corrected chi connectivity index (χ0v) is 18.9. The standard InChI is InChI=1S/C30H26S/c1-4-5-7-19-28(31-3)30-26-18-11-10-16-24(26)21-27(23-14-8-6-9-15-23)29(30)25-17-12-13-22(2)20-25/h4,6,8-18,20-21,28H,1,5H2,2-3H3. The van der Waals surface area contributed by atoms with Gasteiger partial charge in [-0.2, -0.15) is 0 Å². The van der Waals surface area contributed by atoms with Gasteiger partial charge in [-0.15, -0.1) is 18.3 Å². The van der Waals surface area contributed by atoms with Crippen molar-refractivity contribution in [1.82, 2.24) is 0 Å². The maximum atomic E-state index is 3.83. The molecule has 0 aliphatic rings. The highest BCUT2D eigenvalue weighted by Crippen LogP contribution is 2.45. The molecule has 0 saturated carbocycles. The van der Waals surface area contributed by atoms with E-state index in [0.717, 1.165) is 0 Å². The van der Waals surface area contributed by atoms with E-state index in [4.69, 9.17) is 0 Å². The van der Waals surface area contributed by atoms with Crippen LogP contribution >= 0.6 is 11.8 Å². The lowest BCUT2D eigenvalue weighted by molar-refractivity contribution is 1.30. The van der Waals surface area contributed by atoms with Gasteiger partial charge in [-0.1, -0.05) is 102 Å². The summed E-state index contributed by atoms with van der Waals surface area (Å²) in [5.41, 5.74) is 7.56. The van der Waals surface area contributed by atoms with Gasteiger partial charge < -0.3 is 0 Å². The first kappa shape index (κ1) is 21.0. The van der Waals surface area contributed by atoms with Gasteiger partial charge in [-0.25, -0.2) is 0 Å². The van der Waals surface area contributed by atoms with Crippen LogP contribution in [0.15, 0.2) is 97.6 Å². The molecule has 4 aromatic carbocycles. The van der Waals surface area contributed by atoms with E-state index >= 15 is 0 Å². The van der Waals surface area contributed by atoms with Crippen LogP contribution in [0.25, 0.3) is 33.0 Å². The molecule has 4 rings (SSSR count). The summed E-state index contributed by atoms with van der Waals surface area (Å²) in [7, 11) is 0. The van der Waals surface area contributed by atoms with Crippen LogP contribution in [0, 0.1) is 18.8 Å². The van der Waals surface area contributed by atoms with Gasteiger partial charge in [0.1, 0.15) is 0 Å². The van der Waals surface area contributed by atoms with Crippen molar-refractivity contribution in [3.05, 3.63) is 109 Å². The van der Waals surface area contributed by atoms with Gasteiger partial charge in [0.2, 0.25) is 0 Å². The molecule has 1 atom stereocenters. The Morgan fingerprint density at radius 1 is 0.903 bits per heavy atom. The fourth-order valence-electron chi connectivity index (χ4n) is 4.08. The fraction of sp³-hybridized carbons (Fsp3) is 0.133. The van der Waals surface area contributed by atoms with Crippen molar-refractivity contribution in [2.45, 2.75) is 18.6 Å². The summed E-state index contributed by atoms with van der Waals surface area (Å²) in [6, 6.07) is 30.5. The maximum Gasteiger partial charge on any atom is 0.0915 e. The summed E-state index contributed by atoms with van der Waals surface area (Å²) in [4.78, 5) is 0. The molecule has 0 heterocycles. The first-order chi connectivity index (χ1) is 15.2. The summed E-state index contributed by atoms with van der Waals surface area (Å²) in [6.07, 6.45) is 4.72. The minimum atomic E-state index is 0.0732. The monoisotopic (exact) mass is 418 g/mol. The lowest BCUT2D eigenvalue weighted by atomic mass is 9.85. The molecule has 0 N–H and O–H groups in total. The molecule has 0 saturated heterocycles.